The molecule has 3 aromatic rings. The number of benzene rings is 2. The van der Waals surface area contributed by atoms with Crippen LogP contribution in [0, 0.1) is 11.8 Å². The van der Waals surface area contributed by atoms with Crippen LogP contribution in [-0.4, -0.2) is 178 Å². The molecule has 0 saturated carbocycles. The fourth-order valence-corrected chi connectivity index (χ4v) is 12.4. The third-order valence-corrected chi connectivity index (χ3v) is 16.7. The summed E-state index contributed by atoms with van der Waals surface area (Å²) in [5, 5.41) is 18.8. The number of nitrogens with zero attached hydrogens (tertiary/aromatic N) is 6. The molecule has 9 atom stereocenters. The van der Waals surface area contributed by atoms with E-state index in [0.717, 1.165) is 43.7 Å². The van der Waals surface area contributed by atoms with Crippen LogP contribution in [0.25, 0.3) is 0 Å². The molecule has 6 aliphatic rings. The van der Waals surface area contributed by atoms with Crippen molar-refractivity contribution in [3.8, 4) is 5.75 Å². The largest absolute Gasteiger partial charge is 0.505 e. The molecule has 6 fully saturated rings. The molecule has 6 amide bonds. The Kier molecular flexibility index (Phi) is 16.7. The lowest BCUT2D eigenvalue weighted by Gasteiger charge is -2.45. The quantitative estimate of drug-likeness (QED) is 0.214. The second-order valence-electron chi connectivity index (χ2n) is 20.1. The molecule has 6 aliphatic heterocycles. The van der Waals surface area contributed by atoms with Crippen molar-refractivity contribution in [1.29, 1.82) is 0 Å². The van der Waals surface area contributed by atoms with Gasteiger partial charge in [-0.3, -0.25) is 33.6 Å². The molecule has 1 unspecified atom stereocenters. The van der Waals surface area contributed by atoms with Crippen LogP contribution < -0.4 is 20.9 Å². The zero-order valence-corrected chi connectivity index (χ0v) is 42.9. The predicted octanol–water partition coefficient (Wildman–Crippen LogP) is 2.32. The lowest BCUT2D eigenvalue weighted by atomic mass is 9.88. The highest BCUT2D eigenvalue weighted by molar-refractivity contribution is 8.00. The van der Waals surface area contributed by atoms with E-state index in [1.807, 2.05) is 43.3 Å². The fraction of sp³-hybridized carbons (Fsp3) is 0.528. The second kappa shape index (κ2) is 23.1. The number of anilines is 1. The number of ketones is 1. The number of carbonyl (C=O) groups excluding carboxylic acids is 8. The van der Waals surface area contributed by atoms with Crippen LogP contribution in [0.1, 0.15) is 80.0 Å². The third kappa shape index (κ3) is 11.8. The molecule has 0 spiro atoms. The number of esters is 1. The summed E-state index contributed by atoms with van der Waals surface area (Å²) in [6, 6.07) is 10.3. The molecular formula is C53H67N9O10S. The van der Waals surface area contributed by atoms with Crippen LogP contribution >= 0.6 is 11.8 Å². The number of Topliss-reactive ketones (excluding diaryl/α,β-unsaturated/α-hetero) is 1. The third-order valence-electron chi connectivity index (χ3n) is 15.2. The Hall–Kier alpha value is -6.54. The van der Waals surface area contributed by atoms with E-state index in [1.165, 1.54) is 47.0 Å². The van der Waals surface area contributed by atoms with Crippen molar-refractivity contribution in [2.24, 2.45) is 11.8 Å². The Morgan fingerprint density at radius 1 is 0.849 bits per heavy atom. The summed E-state index contributed by atoms with van der Waals surface area (Å²) in [5.41, 5.74) is 1.49. The van der Waals surface area contributed by atoms with E-state index in [-0.39, 0.29) is 50.1 Å². The number of rotatable bonds is 10. The smallest absolute Gasteiger partial charge is 0.333 e. The van der Waals surface area contributed by atoms with E-state index < -0.39 is 101 Å². The van der Waals surface area contributed by atoms with Crippen LogP contribution in [0.2, 0.25) is 0 Å². The number of hydrogen-bond acceptors (Lipinski definition) is 14. The van der Waals surface area contributed by atoms with Crippen molar-refractivity contribution in [3.63, 3.8) is 0 Å². The minimum absolute atomic E-state index is 0.0289. The van der Waals surface area contributed by atoms with Gasteiger partial charge in [-0.15, -0.1) is 0 Å². The highest BCUT2D eigenvalue weighted by Crippen LogP contribution is 2.37. The minimum atomic E-state index is -1.69. The van der Waals surface area contributed by atoms with Gasteiger partial charge < -0.3 is 50.3 Å². The number of carbonyl (C=O) groups is 8. The number of aromatic hydroxyl groups is 1. The zero-order valence-electron chi connectivity index (χ0n) is 42.1. The predicted molar refractivity (Wildman–Crippen MR) is 272 cm³/mol. The maximum absolute atomic E-state index is 15.7. The Morgan fingerprint density at radius 3 is 2.23 bits per heavy atom. The van der Waals surface area contributed by atoms with Crippen LogP contribution in [0.4, 0.5) is 5.69 Å². The number of likely N-dealkylation sites (N-methyl/N-ethyl adjacent to an activating group) is 1. The second-order valence-corrected chi connectivity index (χ2v) is 21.4. The molecule has 1 aromatic heterocycles. The number of amides is 6. The Morgan fingerprint density at radius 2 is 1.58 bits per heavy atom. The van der Waals surface area contributed by atoms with E-state index >= 15 is 14.4 Å². The summed E-state index contributed by atoms with van der Waals surface area (Å²) in [5.74, 6) is -5.83. The molecule has 7 heterocycles. The summed E-state index contributed by atoms with van der Waals surface area (Å²) in [6.45, 7) is 6.11. The van der Waals surface area contributed by atoms with Gasteiger partial charge >= 0.3 is 5.97 Å². The first-order valence-electron chi connectivity index (χ1n) is 25.3. The van der Waals surface area contributed by atoms with Gasteiger partial charge in [-0.2, -0.15) is 11.8 Å². The number of hydrogen-bond donors (Lipinski definition) is 4. The number of aromatic nitrogens is 1. The van der Waals surface area contributed by atoms with E-state index in [4.69, 9.17) is 4.74 Å². The molecular weight excluding hydrogens is 955 g/mol. The molecule has 9 rings (SSSR count). The highest BCUT2D eigenvalue weighted by atomic mass is 32.2. The average molecular weight is 1020 g/mol. The first kappa shape index (κ1) is 52.8. The molecule has 20 heteroatoms. The molecule has 2 aromatic carbocycles. The Balaban J connectivity index is 1.19. The first-order chi connectivity index (χ1) is 35.0. The molecule has 0 aliphatic carbocycles. The van der Waals surface area contributed by atoms with Crippen LogP contribution in [0.5, 0.6) is 5.75 Å². The zero-order chi connectivity index (χ0) is 52.1. The van der Waals surface area contributed by atoms with E-state index in [2.05, 4.69) is 25.8 Å². The maximum Gasteiger partial charge on any atom is 0.333 e. The van der Waals surface area contributed by atoms with Crippen molar-refractivity contribution in [2.45, 2.75) is 106 Å². The number of ether oxygens (including phenoxy) is 1. The number of thioether (sulfide) groups is 1. The van der Waals surface area contributed by atoms with Gasteiger partial charge in [0.15, 0.2) is 11.7 Å². The molecule has 19 nitrogen and oxygen atoms in total. The molecule has 4 N–H and O–H groups in total. The van der Waals surface area contributed by atoms with E-state index in [9.17, 15) is 29.1 Å². The first-order valence-corrected chi connectivity index (χ1v) is 26.4. The number of pyridine rings is 1. The normalized spacial score (nSPS) is 29.5. The Bertz CT molecular complexity index is 2540. The van der Waals surface area contributed by atoms with Gasteiger partial charge in [-0.25, -0.2) is 9.78 Å². The monoisotopic (exact) mass is 1020 g/mol. The van der Waals surface area contributed by atoms with Crippen LogP contribution in [0.15, 0.2) is 72.9 Å². The minimum Gasteiger partial charge on any atom is -0.505 e. The van der Waals surface area contributed by atoms with Crippen LogP contribution in [0.3, 0.4) is 0 Å². The summed E-state index contributed by atoms with van der Waals surface area (Å²) in [6.07, 6.45) is 2.40. The molecule has 73 heavy (non-hydrogen) atoms. The lowest BCUT2D eigenvalue weighted by Crippen LogP contribution is -2.63. The van der Waals surface area contributed by atoms with Gasteiger partial charge in [0.05, 0.1) is 0 Å². The van der Waals surface area contributed by atoms with Gasteiger partial charge in [0.25, 0.3) is 5.91 Å². The van der Waals surface area contributed by atoms with Crippen LogP contribution in [-0.2, 0) is 44.7 Å². The molecule has 390 valence electrons. The summed E-state index contributed by atoms with van der Waals surface area (Å²) in [4.78, 5) is 130. The van der Waals surface area contributed by atoms with Crippen molar-refractivity contribution >= 4 is 64.6 Å². The van der Waals surface area contributed by atoms with Gasteiger partial charge in [0, 0.05) is 82.4 Å². The SMILES string of the molecule is CC[C@H]1NC(=O)[C@@H](NC(=O)c2ncccc2O)[C@@H](C)OC(=O)[C@H](c2ccccc2)NC(=O)[C@@H]2CC(=O)[C@H](CS[C@@H]3CN4CCC3CC4)CN2C(=O)C(Cc2ccc(N(C)C)cc2)N(C)C(=O)[C@@H]2CCCN2C1=O. The van der Waals surface area contributed by atoms with Gasteiger partial charge in [-0.05, 0) is 93.4 Å². The average Bonchev–Trinajstić information content (AvgIpc) is 3.89. The number of nitrogens with one attached hydrogen (secondary N) is 3. The van der Waals surface area contributed by atoms with Gasteiger partial charge in [-0.1, -0.05) is 49.4 Å². The van der Waals surface area contributed by atoms with Crippen molar-refractivity contribution in [3.05, 3.63) is 89.7 Å². The number of cyclic esters (lactones) is 1. The Labute approximate surface area is 430 Å². The van der Waals surface area contributed by atoms with E-state index in [1.54, 1.807) is 49.0 Å². The standard InChI is InChI=1S/C53H67N9O10S/c1-6-37-50(68)61-23-11-14-38(61)51(69)59(5)40(26-32-16-18-36(19-17-32)58(3)4)52(70)62-28-35(30-73-43-29-60-24-20-33(43)21-25-60)42(64)27-39(62)47(65)57-45(34-12-8-7-9-13-34)53(71)72-31(2)44(48(66)55-37)56-49(67)46-41(63)15-10-22-54-46/h7-10,12-13,15-19,22,31,33,35,37-40,43-45,63H,6,11,14,20-21,23-30H2,1-5H3,(H,55,66)(H,56,67)(H,57,65)/t31-,35+,37-,38+,39+,40?,43-,44+,45+/m1/s1. The number of piperidine rings is 4. The van der Waals surface area contributed by atoms with Crippen molar-refractivity contribution in [1.82, 2.24) is 40.5 Å². The lowest BCUT2D eigenvalue weighted by molar-refractivity contribution is -0.157. The van der Waals surface area contributed by atoms with Crippen molar-refractivity contribution < 1.29 is 48.2 Å². The molecule has 0 radical (unpaired) electrons. The topological polar surface area (TPSA) is 231 Å². The summed E-state index contributed by atoms with van der Waals surface area (Å²) < 4.78 is 5.97. The molecule has 6 saturated heterocycles. The summed E-state index contributed by atoms with van der Waals surface area (Å²) >= 11 is 1.73. The van der Waals surface area contributed by atoms with Gasteiger partial charge in [0.1, 0.15) is 47.8 Å². The number of fused-ring (bicyclic) bond motifs is 5. The van der Waals surface area contributed by atoms with Gasteiger partial charge in [0.2, 0.25) is 29.5 Å². The van der Waals surface area contributed by atoms with E-state index in [0.29, 0.717) is 23.3 Å². The van der Waals surface area contributed by atoms with Crippen molar-refractivity contribution in [2.75, 3.05) is 64.5 Å². The maximum atomic E-state index is 15.7. The fourth-order valence-electron chi connectivity index (χ4n) is 10.8. The highest BCUT2D eigenvalue weighted by Gasteiger charge is 2.48. The molecule has 2 bridgehead atoms. The summed E-state index contributed by atoms with van der Waals surface area (Å²) in [7, 11) is 5.33.